The van der Waals surface area contributed by atoms with Gasteiger partial charge >= 0.3 is 0 Å². The van der Waals surface area contributed by atoms with E-state index < -0.39 is 0 Å². The van der Waals surface area contributed by atoms with Crippen LogP contribution in [0, 0.1) is 0 Å². The van der Waals surface area contributed by atoms with Gasteiger partial charge in [-0.25, -0.2) is 0 Å². The topological polar surface area (TPSA) is 20.3 Å². The highest BCUT2D eigenvalue weighted by Crippen LogP contribution is 2.29. The molecule has 0 spiro atoms. The lowest BCUT2D eigenvalue weighted by Crippen LogP contribution is -2.46. The molecule has 128 valence electrons. The van der Waals surface area contributed by atoms with Crippen molar-refractivity contribution in [3.05, 3.63) is 71.8 Å². The number of carbonyl (C=O) groups is 1. The SMILES string of the molecule is CC[C@H](C)N(C(=O)C(c1ccccc1)c1ccccc1)[C@@H](C)CC. The van der Waals surface area contributed by atoms with E-state index in [1.165, 1.54) is 0 Å². The molecule has 24 heavy (non-hydrogen) atoms. The van der Waals surface area contributed by atoms with E-state index in [1.54, 1.807) is 0 Å². The maximum atomic E-state index is 13.6. The molecule has 0 bridgehead atoms. The zero-order chi connectivity index (χ0) is 17.5. The van der Waals surface area contributed by atoms with Crippen molar-refractivity contribution in [3.8, 4) is 0 Å². The second-order valence-corrected chi connectivity index (χ2v) is 6.51. The van der Waals surface area contributed by atoms with Crippen molar-refractivity contribution in [1.82, 2.24) is 4.90 Å². The van der Waals surface area contributed by atoms with E-state index in [0.717, 1.165) is 24.0 Å². The van der Waals surface area contributed by atoms with Gasteiger partial charge in [-0.2, -0.15) is 0 Å². The Morgan fingerprint density at radius 2 is 1.17 bits per heavy atom. The Kier molecular flexibility index (Phi) is 6.60. The molecule has 2 aromatic carbocycles. The molecule has 1 amide bonds. The predicted octanol–water partition coefficient (Wildman–Crippen LogP) is 5.24. The molecule has 2 nitrogen and oxygen atoms in total. The fourth-order valence-electron chi connectivity index (χ4n) is 3.18. The number of benzene rings is 2. The first kappa shape index (κ1) is 18.3. The highest BCUT2D eigenvalue weighted by atomic mass is 16.2. The molecule has 0 saturated carbocycles. The van der Waals surface area contributed by atoms with Gasteiger partial charge in [0.1, 0.15) is 0 Å². The van der Waals surface area contributed by atoms with Crippen LogP contribution in [0.1, 0.15) is 57.6 Å². The molecule has 0 fully saturated rings. The Morgan fingerprint density at radius 3 is 1.50 bits per heavy atom. The molecule has 0 N–H and O–H groups in total. The van der Waals surface area contributed by atoms with E-state index in [4.69, 9.17) is 0 Å². The number of amides is 1. The van der Waals surface area contributed by atoms with Crippen molar-refractivity contribution in [1.29, 1.82) is 0 Å². The molecular weight excluding hydrogens is 294 g/mol. The molecule has 0 radical (unpaired) electrons. The minimum atomic E-state index is -0.240. The van der Waals surface area contributed by atoms with Gasteiger partial charge in [0, 0.05) is 12.1 Å². The quantitative estimate of drug-likeness (QED) is 0.682. The average molecular weight is 323 g/mol. The molecule has 0 aromatic heterocycles. The minimum absolute atomic E-state index is 0.205. The minimum Gasteiger partial charge on any atom is -0.336 e. The van der Waals surface area contributed by atoms with Gasteiger partial charge in [-0.15, -0.1) is 0 Å². The van der Waals surface area contributed by atoms with Crippen LogP contribution >= 0.6 is 0 Å². The van der Waals surface area contributed by atoms with Gasteiger partial charge in [0.05, 0.1) is 5.92 Å². The summed E-state index contributed by atoms with van der Waals surface area (Å²) in [6, 6.07) is 20.7. The highest BCUT2D eigenvalue weighted by Gasteiger charge is 2.31. The molecule has 0 unspecified atom stereocenters. The lowest BCUT2D eigenvalue weighted by molar-refractivity contribution is -0.136. The van der Waals surface area contributed by atoms with Crippen molar-refractivity contribution >= 4 is 5.91 Å². The van der Waals surface area contributed by atoms with Gasteiger partial charge in [0.25, 0.3) is 0 Å². The van der Waals surface area contributed by atoms with Crippen molar-refractivity contribution in [3.63, 3.8) is 0 Å². The fraction of sp³-hybridized carbons (Fsp3) is 0.409. The number of carbonyl (C=O) groups excluding carboxylic acids is 1. The maximum absolute atomic E-state index is 13.6. The monoisotopic (exact) mass is 323 g/mol. The Labute approximate surface area is 146 Å². The van der Waals surface area contributed by atoms with E-state index in [9.17, 15) is 4.79 Å². The van der Waals surface area contributed by atoms with Gasteiger partial charge in [-0.1, -0.05) is 74.5 Å². The van der Waals surface area contributed by atoms with Crippen LogP contribution < -0.4 is 0 Å². The largest absolute Gasteiger partial charge is 0.336 e. The molecule has 0 aliphatic rings. The Balaban J connectivity index is 2.48. The van der Waals surface area contributed by atoms with Crippen LogP contribution in [0.2, 0.25) is 0 Å². The summed E-state index contributed by atoms with van der Waals surface area (Å²) in [5.74, 6) is -0.0356. The Hall–Kier alpha value is -2.09. The fourth-order valence-corrected chi connectivity index (χ4v) is 3.18. The summed E-state index contributed by atoms with van der Waals surface area (Å²) in [5.41, 5.74) is 2.12. The van der Waals surface area contributed by atoms with Crippen LogP contribution in [0.4, 0.5) is 0 Å². The number of hydrogen-bond donors (Lipinski definition) is 0. The average Bonchev–Trinajstić information content (AvgIpc) is 2.63. The molecule has 0 heterocycles. The second-order valence-electron chi connectivity index (χ2n) is 6.51. The zero-order valence-corrected chi connectivity index (χ0v) is 15.3. The molecular formula is C22H29NO. The lowest BCUT2D eigenvalue weighted by Gasteiger charge is -2.37. The normalized spacial score (nSPS) is 13.5. The smallest absolute Gasteiger partial charge is 0.235 e. The van der Waals surface area contributed by atoms with E-state index >= 15 is 0 Å². The first-order valence-corrected chi connectivity index (χ1v) is 9.02. The lowest BCUT2D eigenvalue weighted by atomic mass is 9.89. The summed E-state index contributed by atoms with van der Waals surface area (Å²) in [4.78, 5) is 15.7. The van der Waals surface area contributed by atoms with Crippen molar-refractivity contribution in [2.75, 3.05) is 0 Å². The van der Waals surface area contributed by atoms with Crippen molar-refractivity contribution in [2.45, 2.75) is 58.5 Å². The molecule has 2 heteroatoms. The van der Waals surface area contributed by atoms with Crippen LogP contribution in [0.15, 0.2) is 60.7 Å². The van der Waals surface area contributed by atoms with Crippen molar-refractivity contribution < 1.29 is 4.79 Å². The summed E-state index contributed by atoms with van der Waals surface area (Å²) >= 11 is 0. The summed E-state index contributed by atoms with van der Waals surface area (Å²) in [5, 5.41) is 0. The third kappa shape index (κ3) is 4.05. The summed E-state index contributed by atoms with van der Waals surface area (Å²) in [6.07, 6.45) is 1.93. The second kappa shape index (κ2) is 8.68. The molecule has 0 aliphatic carbocycles. The van der Waals surface area contributed by atoms with Gasteiger partial charge in [-0.05, 0) is 37.8 Å². The van der Waals surface area contributed by atoms with E-state index in [0.29, 0.717) is 0 Å². The molecule has 0 aliphatic heterocycles. The first-order valence-electron chi connectivity index (χ1n) is 9.02. The van der Waals surface area contributed by atoms with E-state index in [2.05, 4.69) is 56.9 Å². The number of nitrogens with zero attached hydrogens (tertiary/aromatic N) is 1. The zero-order valence-electron chi connectivity index (χ0n) is 15.3. The molecule has 2 rings (SSSR count). The number of hydrogen-bond acceptors (Lipinski definition) is 1. The third-order valence-electron chi connectivity index (χ3n) is 4.90. The van der Waals surface area contributed by atoms with Crippen LogP contribution in [-0.4, -0.2) is 22.9 Å². The van der Waals surface area contributed by atoms with E-state index in [-0.39, 0.29) is 23.9 Å². The standard InChI is InChI=1S/C22H29NO/c1-5-17(3)23(18(4)6-2)22(24)21(19-13-9-7-10-14-19)20-15-11-8-12-16-20/h7-18,21H,5-6H2,1-4H3/t17-,18-/m0/s1. The van der Waals surface area contributed by atoms with E-state index in [1.807, 2.05) is 36.4 Å². The van der Waals surface area contributed by atoms with Gasteiger partial charge < -0.3 is 4.90 Å². The third-order valence-corrected chi connectivity index (χ3v) is 4.90. The van der Waals surface area contributed by atoms with Crippen LogP contribution in [0.3, 0.4) is 0 Å². The molecule has 2 aromatic rings. The Bertz CT molecular complexity index is 573. The van der Waals surface area contributed by atoms with Crippen LogP contribution in [0.25, 0.3) is 0 Å². The summed E-state index contributed by atoms with van der Waals surface area (Å²) < 4.78 is 0. The maximum Gasteiger partial charge on any atom is 0.235 e. The molecule has 0 saturated heterocycles. The van der Waals surface area contributed by atoms with Crippen LogP contribution in [0.5, 0.6) is 0 Å². The van der Waals surface area contributed by atoms with Gasteiger partial charge in [-0.3, -0.25) is 4.79 Å². The highest BCUT2D eigenvalue weighted by molar-refractivity contribution is 5.87. The van der Waals surface area contributed by atoms with Crippen LogP contribution in [-0.2, 0) is 4.79 Å². The molecule has 2 atom stereocenters. The number of rotatable bonds is 7. The summed E-state index contributed by atoms with van der Waals surface area (Å²) in [6.45, 7) is 8.59. The first-order chi connectivity index (χ1) is 11.6. The van der Waals surface area contributed by atoms with Crippen molar-refractivity contribution in [2.24, 2.45) is 0 Å². The predicted molar refractivity (Wildman–Crippen MR) is 101 cm³/mol. The van der Waals surface area contributed by atoms with Gasteiger partial charge in [0.2, 0.25) is 5.91 Å². The van der Waals surface area contributed by atoms with Gasteiger partial charge in [0.15, 0.2) is 0 Å². The summed E-state index contributed by atoms with van der Waals surface area (Å²) in [7, 11) is 0. The Morgan fingerprint density at radius 1 is 0.792 bits per heavy atom.